The SMILES string of the molecule is CCCCCCSN1CCOC1=O. The summed E-state index contributed by atoms with van der Waals surface area (Å²) in [7, 11) is 0. The normalized spacial score (nSPS) is 16.4. The van der Waals surface area contributed by atoms with Gasteiger partial charge in [-0.3, -0.25) is 0 Å². The molecule has 1 aliphatic rings. The van der Waals surface area contributed by atoms with E-state index in [0.717, 1.165) is 12.3 Å². The minimum absolute atomic E-state index is 0.166. The van der Waals surface area contributed by atoms with Crippen molar-refractivity contribution < 1.29 is 9.53 Å². The lowest BCUT2D eigenvalue weighted by molar-refractivity contribution is 0.171. The molecule has 1 aliphatic heterocycles. The average molecular weight is 203 g/mol. The molecule has 0 atom stereocenters. The topological polar surface area (TPSA) is 29.5 Å². The third-order valence-corrected chi connectivity index (χ3v) is 3.08. The second-order valence-electron chi connectivity index (χ2n) is 3.11. The fourth-order valence-electron chi connectivity index (χ4n) is 1.20. The van der Waals surface area contributed by atoms with Crippen molar-refractivity contribution in [1.82, 2.24) is 4.31 Å². The fourth-order valence-corrected chi connectivity index (χ4v) is 2.12. The number of hydrogen-bond acceptors (Lipinski definition) is 3. The van der Waals surface area contributed by atoms with E-state index >= 15 is 0 Å². The zero-order chi connectivity index (χ0) is 9.52. The monoisotopic (exact) mass is 203 g/mol. The number of ether oxygens (including phenoxy) is 1. The van der Waals surface area contributed by atoms with Crippen molar-refractivity contribution >= 4 is 18.0 Å². The van der Waals surface area contributed by atoms with E-state index in [1.165, 1.54) is 25.7 Å². The Morgan fingerprint density at radius 1 is 1.46 bits per heavy atom. The highest BCUT2D eigenvalue weighted by Crippen LogP contribution is 2.17. The summed E-state index contributed by atoms with van der Waals surface area (Å²) in [6, 6.07) is 0. The Kier molecular flexibility index (Phi) is 5.05. The molecule has 0 aromatic carbocycles. The van der Waals surface area contributed by atoms with Gasteiger partial charge in [0, 0.05) is 5.75 Å². The third kappa shape index (κ3) is 3.89. The maximum absolute atomic E-state index is 11.0. The minimum atomic E-state index is -0.166. The van der Waals surface area contributed by atoms with E-state index in [-0.39, 0.29) is 6.09 Å². The van der Waals surface area contributed by atoms with Gasteiger partial charge in [0.2, 0.25) is 0 Å². The summed E-state index contributed by atoms with van der Waals surface area (Å²) in [6.07, 6.45) is 4.86. The standard InChI is InChI=1S/C9H17NO2S/c1-2-3-4-5-8-13-10-6-7-12-9(10)11/h2-8H2,1H3. The number of nitrogens with zero attached hydrogens (tertiary/aromatic N) is 1. The van der Waals surface area contributed by atoms with Crippen LogP contribution < -0.4 is 0 Å². The van der Waals surface area contributed by atoms with Gasteiger partial charge in [0.1, 0.15) is 6.61 Å². The highest BCUT2D eigenvalue weighted by atomic mass is 32.2. The molecular formula is C9H17NO2S. The highest BCUT2D eigenvalue weighted by molar-refractivity contribution is 7.97. The zero-order valence-corrected chi connectivity index (χ0v) is 8.94. The summed E-state index contributed by atoms with van der Waals surface area (Å²) in [6.45, 7) is 3.50. The van der Waals surface area contributed by atoms with E-state index in [4.69, 9.17) is 4.74 Å². The number of carbonyl (C=O) groups excluding carboxylic acids is 1. The summed E-state index contributed by atoms with van der Waals surface area (Å²) < 4.78 is 6.52. The largest absolute Gasteiger partial charge is 0.447 e. The second kappa shape index (κ2) is 6.13. The Bertz CT molecular complexity index is 164. The van der Waals surface area contributed by atoms with Crippen LogP contribution in [0.5, 0.6) is 0 Å². The van der Waals surface area contributed by atoms with Gasteiger partial charge in [-0.1, -0.05) is 26.2 Å². The lowest BCUT2D eigenvalue weighted by Crippen LogP contribution is -2.16. The Balaban J connectivity index is 1.96. The number of carbonyl (C=O) groups is 1. The first-order chi connectivity index (χ1) is 6.34. The van der Waals surface area contributed by atoms with Crippen molar-refractivity contribution in [2.45, 2.75) is 32.6 Å². The van der Waals surface area contributed by atoms with Crippen molar-refractivity contribution in [3.05, 3.63) is 0 Å². The van der Waals surface area contributed by atoms with Crippen LogP contribution >= 0.6 is 11.9 Å². The summed E-state index contributed by atoms with van der Waals surface area (Å²) in [5.41, 5.74) is 0. The zero-order valence-electron chi connectivity index (χ0n) is 8.12. The number of cyclic esters (lactones) is 1. The first-order valence-electron chi connectivity index (χ1n) is 4.92. The molecule has 0 unspecified atom stereocenters. The molecular weight excluding hydrogens is 186 g/mol. The molecule has 1 fully saturated rings. The minimum Gasteiger partial charge on any atom is -0.447 e. The van der Waals surface area contributed by atoms with Gasteiger partial charge in [0.25, 0.3) is 0 Å². The van der Waals surface area contributed by atoms with Crippen molar-refractivity contribution in [1.29, 1.82) is 0 Å². The quantitative estimate of drug-likeness (QED) is 0.491. The van der Waals surface area contributed by atoms with Gasteiger partial charge in [-0.25, -0.2) is 9.10 Å². The van der Waals surface area contributed by atoms with Crippen LogP contribution in [0.3, 0.4) is 0 Å². The van der Waals surface area contributed by atoms with Crippen molar-refractivity contribution in [2.24, 2.45) is 0 Å². The lowest BCUT2D eigenvalue weighted by atomic mass is 10.2. The third-order valence-electron chi connectivity index (χ3n) is 1.97. The molecule has 1 saturated heterocycles. The molecule has 76 valence electrons. The van der Waals surface area contributed by atoms with Crippen LogP contribution in [0.1, 0.15) is 32.6 Å². The predicted octanol–water partition coefficient (Wildman–Crippen LogP) is 2.67. The van der Waals surface area contributed by atoms with E-state index in [2.05, 4.69) is 6.92 Å². The van der Waals surface area contributed by atoms with Crippen LogP contribution in [0.15, 0.2) is 0 Å². The fraction of sp³-hybridized carbons (Fsp3) is 0.889. The molecule has 0 aromatic heterocycles. The van der Waals surface area contributed by atoms with Gasteiger partial charge in [-0.2, -0.15) is 0 Å². The van der Waals surface area contributed by atoms with Gasteiger partial charge in [-0.15, -0.1) is 0 Å². The average Bonchev–Trinajstić information content (AvgIpc) is 2.52. The van der Waals surface area contributed by atoms with Crippen LogP contribution in [0.4, 0.5) is 4.79 Å². The Labute approximate surface area is 83.9 Å². The van der Waals surface area contributed by atoms with Crippen LogP contribution in [-0.4, -0.2) is 29.3 Å². The number of hydrogen-bond donors (Lipinski definition) is 0. The lowest BCUT2D eigenvalue weighted by Gasteiger charge is -2.09. The molecule has 1 heterocycles. The maximum Gasteiger partial charge on any atom is 0.420 e. The van der Waals surface area contributed by atoms with Gasteiger partial charge in [0.15, 0.2) is 0 Å². The van der Waals surface area contributed by atoms with Gasteiger partial charge < -0.3 is 4.74 Å². The molecule has 0 bridgehead atoms. The first kappa shape index (κ1) is 10.7. The Morgan fingerprint density at radius 2 is 2.31 bits per heavy atom. The van der Waals surface area contributed by atoms with Crippen molar-refractivity contribution in [3.8, 4) is 0 Å². The molecule has 3 nitrogen and oxygen atoms in total. The van der Waals surface area contributed by atoms with Gasteiger partial charge >= 0.3 is 6.09 Å². The summed E-state index contributed by atoms with van der Waals surface area (Å²) in [5.74, 6) is 1.04. The van der Waals surface area contributed by atoms with Crippen LogP contribution in [-0.2, 0) is 4.74 Å². The molecule has 1 amide bonds. The molecule has 13 heavy (non-hydrogen) atoms. The molecule has 0 saturated carbocycles. The first-order valence-corrected chi connectivity index (χ1v) is 5.86. The predicted molar refractivity (Wildman–Crippen MR) is 54.7 cm³/mol. The van der Waals surface area contributed by atoms with E-state index in [1.54, 1.807) is 16.3 Å². The van der Waals surface area contributed by atoms with Crippen LogP contribution in [0.25, 0.3) is 0 Å². The van der Waals surface area contributed by atoms with E-state index in [9.17, 15) is 4.79 Å². The number of rotatable bonds is 6. The Morgan fingerprint density at radius 3 is 2.92 bits per heavy atom. The molecule has 0 aliphatic carbocycles. The van der Waals surface area contributed by atoms with Gasteiger partial charge in [0.05, 0.1) is 6.54 Å². The summed E-state index contributed by atoms with van der Waals surface area (Å²) >= 11 is 1.60. The summed E-state index contributed by atoms with van der Waals surface area (Å²) in [5, 5.41) is 0. The van der Waals surface area contributed by atoms with E-state index < -0.39 is 0 Å². The second-order valence-corrected chi connectivity index (χ2v) is 4.22. The number of amides is 1. The highest BCUT2D eigenvalue weighted by Gasteiger charge is 2.21. The maximum atomic E-state index is 11.0. The number of unbranched alkanes of at least 4 members (excludes halogenated alkanes) is 3. The van der Waals surface area contributed by atoms with Crippen LogP contribution in [0, 0.1) is 0 Å². The molecule has 0 radical (unpaired) electrons. The van der Waals surface area contributed by atoms with Crippen LogP contribution in [0.2, 0.25) is 0 Å². The van der Waals surface area contributed by atoms with Gasteiger partial charge in [-0.05, 0) is 18.4 Å². The van der Waals surface area contributed by atoms with Crippen molar-refractivity contribution in [2.75, 3.05) is 18.9 Å². The van der Waals surface area contributed by atoms with E-state index in [1.807, 2.05) is 0 Å². The molecule has 0 N–H and O–H groups in total. The molecule has 4 heteroatoms. The molecule has 0 spiro atoms. The summed E-state index contributed by atoms with van der Waals surface area (Å²) in [4.78, 5) is 11.0. The smallest absolute Gasteiger partial charge is 0.420 e. The molecule has 0 aromatic rings. The Hall–Kier alpha value is -0.380. The molecule has 1 rings (SSSR count). The van der Waals surface area contributed by atoms with E-state index in [0.29, 0.717) is 6.61 Å². The van der Waals surface area contributed by atoms with Crippen molar-refractivity contribution in [3.63, 3.8) is 0 Å².